The number of pyridine rings is 1. The molecule has 0 saturated carbocycles. The molecule has 0 unspecified atom stereocenters. The van der Waals surface area contributed by atoms with Crippen LogP contribution in [-0.4, -0.2) is 19.9 Å². The molecular weight excluding hydrogens is 330 g/mol. The molecule has 0 atom stereocenters. The average Bonchev–Trinajstić information content (AvgIpc) is 2.57. The highest BCUT2D eigenvalue weighted by atomic mass is 35.5. The van der Waals surface area contributed by atoms with Gasteiger partial charge < -0.3 is 5.32 Å². The lowest BCUT2D eigenvalue weighted by molar-refractivity contribution is -0.384. The monoisotopic (exact) mass is 341 g/mol. The van der Waals surface area contributed by atoms with Gasteiger partial charge >= 0.3 is 0 Å². The highest BCUT2D eigenvalue weighted by Gasteiger charge is 2.11. The lowest BCUT2D eigenvalue weighted by Gasteiger charge is -2.09. The molecule has 0 aliphatic heterocycles. The molecule has 1 aromatic carbocycles. The zero-order valence-corrected chi connectivity index (χ0v) is 13.4. The van der Waals surface area contributed by atoms with Gasteiger partial charge in [0.25, 0.3) is 5.69 Å². The van der Waals surface area contributed by atoms with Gasteiger partial charge in [-0.2, -0.15) is 0 Å². The predicted molar refractivity (Wildman–Crippen MR) is 91.4 cm³/mol. The first-order valence-electron chi connectivity index (χ1n) is 7.00. The number of rotatable bonds is 4. The largest absolute Gasteiger partial charge is 0.324 e. The van der Waals surface area contributed by atoms with Gasteiger partial charge in [0.2, 0.25) is 5.95 Å². The van der Waals surface area contributed by atoms with Crippen LogP contribution in [0, 0.1) is 17.0 Å². The first kappa shape index (κ1) is 15.8. The lowest BCUT2D eigenvalue weighted by atomic mass is 10.2. The van der Waals surface area contributed by atoms with Crippen LogP contribution in [0.5, 0.6) is 0 Å². The van der Waals surface area contributed by atoms with Crippen LogP contribution in [0.4, 0.5) is 17.3 Å². The van der Waals surface area contributed by atoms with Crippen molar-refractivity contribution in [1.29, 1.82) is 0 Å². The summed E-state index contributed by atoms with van der Waals surface area (Å²) in [5.41, 5.74) is 2.75. The third-order valence-electron chi connectivity index (χ3n) is 3.33. The molecule has 0 aliphatic carbocycles. The fraction of sp³-hybridized carbons (Fsp3) is 0.0625. The molecule has 120 valence electrons. The van der Waals surface area contributed by atoms with Crippen LogP contribution < -0.4 is 5.32 Å². The first-order chi connectivity index (χ1) is 11.5. The molecule has 1 N–H and O–H groups in total. The van der Waals surface area contributed by atoms with E-state index in [2.05, 4.69) is 20.3 Å². The Bertz CT molecular complexity index is 902. The van der Waals surface area contributed by atoms with Crippen LogP contribution in [0.15, 0.2) is 48.8 Å². The summed E-state index contributed by atoms with van der Waals surface area (Å²) in [6, 6.07) is 9.82. The molecule has 0 aliphatic rings. The number of non-ortho nitro benzene ring substituents is 1. The first-order valence-corrected chi connectivity index (χ1v) is 7.38. The van der Waals surface area contributed by atoms with Gasteiger partial charge in [-0.05, 0) is 24.6 Å². The number of nitrogens with zero attached hydrogens (tertiary/aromatic N) is 4. The summed E-state index contributed by atoms with van der Waals surface area (Å²) in [6.45, 7) is 1.83. The third-order valence-corrected chi connectivity index (χ3v) is 3.52. The van der Waals surface area contributed by atoms with E-state index in [1.807, 2.05) is 13.0 Å². The number of aromatic nitrogens is 3. The Morgan fingerprint density at radius 1 is 1.21 bits per heavy atom. The zero-order chi connectivity index (χ0) is 17.1. The minimum atomic E-state index is -0.454. The minimum absolute atomic E-state index is 0.0161. The number of nitro groups is 1. The molecule has 0 spiro atoms. The number of anilines is 2. The minimum Gasteiger partial charge on any atom is -0.324 e. The van der Waals surface area contributed by atoms with Gasteiger partial charge in [0.05, 0.1) is 16.3 Å². The predicted octanol–water partition coefficient (Wildman–Crippen LogP) is 4.15. The Morgan fingerprint density at radius 3 is 2.75 bits per heavy atom. The van der Waals surface area contributed by atoms with Crippen molar-refractivity contribution in [2.24, 2.45) is 0 Å². The lowest BCUT2D eigenvalue weighted by Crippen LogP contribution is -2.01. The Hall–Kier alpha value is -3.06. The van der Waals surface area contributed by atoms with Crippen molar-refractivity contribution in [1.82, 2.24) is 15.0 Å². The van der Waals surface area contributed by atoms with E-state index in [9.17, 15) is 10.1 Å². The molecule has 0 saturated heterocycles. The van der Waals surface area contributed by atoms with Crippen LogP contribution in [0.3, 0.4) is 0 Å². The zero-order valence-electron chi connectivity index (χ0n) is 12.6. The van der Waals surface area contributed by atoms with Gasteiger partial charge in [-0.15, -0.1) is 0 Å². The number of hydrogen-bond donors (Lipinski definition) is 1. The molecule has 3 rings (SSSR count). The maximum Gasteiger partial charge on any atom is 0.271 e. The van der Waals surface area contributed by atoms with Gasteiger partial charge in [0, 0.05) is 36.2 Å². The van der Waals surface area contributed by atoms with Gasteiger partial charge in [-0.25, -0.2) is 9.97 Å². The smallest absolute Gasteiger partial charge is 0.271 e. The fourth-order valence-electron chi connectivity index (χ4n) is 2.11. The molecule has 2 heterocycles. The third kappa shape index (κ3) is 3.47. The van der Waals surface area contributed by atoms with Crippen molar-refractivity contribution in [3.05, 3.63) is 69.6 Å². The summed E-state index contributed by atoms with van der Waals surface area (Å²) in [7, 11) is 0. The molecular formula is C16H12ClN5O2. The van der Waals surface area contributed by atoms with Crippen LogP contribution in [0.1, 0.15) is 5.56 Å². The van der Waals surface area contributed by atoms with E-state index in [0.29, 0.717) is 11.4 Å². The second-order valence-electron chi connectivity index (χ2n) is 5.02. The van der Waals surface area contributed by atoms with Crippen LogP contribution in [0.2, 0.25) is 5.15 Å². The summed E-state index contributed by atoms with van der Waals surface area (Å²) < 4.78 is 0. The van der Waals surface area contributed by atoms with Gasteiger partial charge in [-0.3, -0.25) is 15.1 Å². The van der Waals surface area contributed by atoms with E-state index >= 15 is 0 Å². The Balaban J connectivity index is 1.98. The van der Waals surface area contributed by atoms with Crippen LogP contribution in [0.25, 0.3) is 11.3 Å². The van der Waals surface area contributed by atoms with Crippen LogP contribution >= 0.6 is 11.6 Å². The highest BCUT2D eigenvalue weighted by molar-refractivity contribution is 6.29. The molecule has 24 heavy (non-hydrogen) atoms. The second-order valence-corrected chi connectivity index (χ2v) is 5.41. The summed E-state index contributed by atoms with van der Waals surface area (Å²) in [4.78, 5) is 23.0. The number of aryl methyl sites for hydroxylation is 1. The maximum absolute atomic E-state index is 10.9. The standard InChI is InChI=1S/C16H12ClN5O2/c1-10-4-5-12(22(23)24)7-13(10)19-16-20-14(8-15(17)21-16)11-3-2-6-18-9-11/h2-9H,1H3,(H,19,20,21). The van der Waals surface area contributed by atoms with E-state index in [-0.39, 0.29) is 16.8 Å². The molecule has 2 aromatic heterocycles. The van der Waals surface area contributed by atoms with Crippen molar-refractivity contribution in [2.45, 2.75) is 6.92 Å². The number of hydrogen-bond acceptors (Lipinski definition) is 6. The van der Waals surface area contributed by atoms with Crippen molar-refractivity contribution >= 4 is 28.9 Å². The summed E-state index contributed by atoms with van der Waals surface area (Å²) in [5.74, 6) is 0.255. The Kier molecular flexibility index (Phi) is 4.35. The molecule has 0 radical (unpaired) electrons. The molecule has 0 bridgehead atoms. The van der Waals surface area contributed by atoms with Crippen molar-refractivity contribution in [3.8, 4) is 11.3 Å². The number of benzene rings is 1. The molecule has 7 nitrogen and oxygen atoms in total. The normalized spacial score (nSPS) is 10.4. The summed E-state index contributed by atoms with van der Waals surface area (Å²) in [6.07, 6.45) is 3.33. The fourth-order valence-corrected chi connectivity index (χ4v) is 2.30. The molecule has 0 amide bonds. The van der Waals surface area contributed by atoms with Crippen LogP contribution in [-0.2, 0) is 0 Å². The van der Waals surface area contributed by atoms with E-state index < -0.39 is 4.92 Å². The highest BCUT2D eigenvalue weighted by Crippen LogP contribution is 2.26. The topological polar surface area (TPSA) is 93.8 Å². The quantitative estimate of drug-likeness (QED) is 0.435. The van der Waals surface area contributed by atoms with Gasteiger partial charge in [0.1, 0.15) is 5.15 Å². The molecule has 0 fully saturated rings. The van der Waals surface area contributed by atoms with Gasteiger partial charge in [0.15, 0.2) is 0 Å². The Labute approximate surface area is 142 Å². The average molecular weight is 342 g/mol. The number of nitrogens with one attached hydrogen (secondary N) is 1. The van der Waals surface area contributed by atoms with E-state index in [0.717, 1.165) is 11.1 Å². The van der Waals surface area contributed by atoms with E-state index in [1.165, 1.54) is 12.1 Å². The number of nitro benzene ring substituents is 1. The van der Waals surface area contributed by atoms with Crippen molar-refractivity contribution < 1.29 is 4.92 Å². The van der Waals surface area contributed by atoms with E-state index in [1.54, 1.807) is 30.6 Å². The van der Waals surface area contributed by atoms with Crippen molar-refractivity contribution in [2.75, 3.05) is 5.32 Å². The number of halogens is 1. The Morgan fingerprint density at radius 2 is 2.04 bits per heavy atom. The SMILES string of the molecule is Cc1ccc([N+](=O)[O-])cc1Nc1nc(Cl)cc(-c2cccnc2)n1. The molecule has 8 heteroatoms. The van der Waals surface area contributed by atoms with Crippen molar-refractivity contribution in [3.63, 3.8) is 0 Å². The van der Waals surface area contributed by atoms with Gasteiger partial charge in [-0.1, -0.05) is 17.7 Å². The maximum atomic E-state index is 10.9. The van der Waals surface area contributed by atoms with E-state index in [4.69, 9.17) is 11.6 Å². The second kappa shape index (κ2) is 6.59. The summed E-state index contributed by atoms with van der Waals surface area (Å²) in [5, 5.41) is 14.2. The summed E-state index contributed by atoms with van der Waals surface area (Å²) >= 11 is 6.07. The molecule has 3 aromatic rings.